The molecule has 0 spiro atoms. The average molecular weight is 432 g/mol. The van der Waals surface area contributed by atoms with Crippen LogP contribution in [0.15, 0.2) is 51.9 Å². The number of aliphatic hydroxyl groups excluding tert-OH is 4. The van der Waals surface area contributed by atoms with E-state index in [2.05, 4.69) is 0 Å². The van der Waals surface area contributed by atoms with Crippen molar-refractivity contribution in [1.82, 2.24) is 0 Å². The van der Waals surface area contributed by atoms with Crippen LogP contribution in [0.2, 0.25) is 0 Å². The second-order valence-corrected chi connectivity index (χ2v) is 7.13. The van der Waals surface area contributed by atoms with Crippen LogP contribution in [0.5, 0.6) is 17.2 Å². The minimum Gasteiger partial charge on any atom is -0.508 e. The molecule has 0 saturated carbocycles. The lowest BCUT2D eigenvalue weighted by atomic mass is 9.99. The highest BCUT2D eigenvalue weighted by molar-refractivity contribution is 5.87. The third-order valence-electron chi connectivity index (χ3n) is 5.15. The largest absolute Gasteiger partial charge is 0.508 e. The highest BCUT2D eigenvalue weighted by Crippen LogP contribution is 2.36. The number of phenols is 2. The van der Waals surface area contributed by atoms with E-state index in [9.17, 15) is 35.4 Å². The van der Waals surface area contributed by atoms with E-state index in [0.717, 1.165) is 6.26 Å². The predicted octanol–water partition coefficient (Wildman–Crippen LogP) is 0.0499. The van der Waals surface area contributed by atoms with E-state index in [0.29, 0.717) is 5.56 Å². The van der Waals surface area contributed by atoms with Crippen molar-refractivity contribution in [2.75, 3.05) is 6.61 Å². The first-order chi connectivity index (χ1) is 14.8. The topological polar surface area (TPSA) is 170 Å². The van der Waals surface area contributed by atoms with E-state index >= 15 is 0 Å². The van der Waals surface area contributed by atoms with E-state index in [1.165, 1.54) is 24.3 Å². The summed E-state index contributed by atoms with van der Waals surface area (Å²) in [6.07, 6.45) is -6.41. The molecule has 1 fully saturated rings. The number of aliphatic hydroxyl groups is 4. The summed E-state index contributed by atoms with van der Waals surface area (Å²) in [4.78, 5) is 12.9. The van der Waals surface area contributed by atoms with Gasteiger partial charge in [0.15, 0.2) is 11.3 Å². The van der Waals surface area contributed by atoms with Gasteiger partial charge in [0.05, 0.1) is 17.6 Å². The Hall–Kier alpha value is -3.15. The number of hydrogen-bond acceptors (Lipinski definition) is 10. The van der Waals surface area contributed by atoms with Crippen molar-refractivity contribution in [3.05, 3.63) is 52.9 Å². The van der Waals surface area contributed by atoms with Crippen LogP contribution < -0.4 is 10.2 Å². The molecule has 1 saturated heterocycles. The molecule has 164 valence electrons. The van der Waals surface area contributed by atoms with Crippen molar-refractivity contribution in [2.24, 2.45) is 0 Å². The molecule has 1 aliphatic heterocycles. The highest BCUT2D eigenvalue weighted by atomic mass is 16.7. The first kappa shape index (κ1) is 21.1. The Morgan fingerprint density at radius 1 is 0.935 bits per heavy atom. The van der Waals surface area contributed by atoms with Gasteiger partial charge in [-0.3, -0.25) is 4.79 Å². The van der Waals surface area contributed by atoms with Crippen LogP contribution >= 0.6 is 0 Å². The van der Waals surface area contributed by atoms with Crippen LogP contribution in [0.1, 0.15) is 0 Å². The zero-order valence-electron chi connectivity index (χ0n) is 16.0. The lowest BCUT2D eigenvalue weighted by Gasteiger charge is -2.39. The fraction of sp³-hybridized carbons (Fsp3) is 0.286. The van der Waals surface area contributed by atoms with Crippen LogP contribution in [0.3, 0.4) is 0 Å². The minimum absolute atomic E-state index is 0.0431. The van der Waals surface area contributed by atoms with E-state index in [1.54, 1.807) is 12.1 Å². The van der Waals surface area contributed by atoms with Gasteiger partial charge in [0.25, 0.3) is 0 Å². The Labute approximate surface area is 174 Å². The van der Waals surface area contributed by atoms with E-state index in [4.69, 9.17) is 13.9 Å². The van der Waals surface area contributed by atoms with Crippen molar-refractivity contribution in [1.29, 1.82) is 0 Å². The molecule has 0 amide bonds. The zero-order chi connectivity index (χ0) is 22.3. The number of aromatic hydroxyl groups is 2. The van der Waals surface area contributed by atoms with Crippen molar-refractivity contribution in [2.45, 2.75) is 30.7 Å². The van der Waals surface area contributed by atoms with Crippen molar-refractivity contribution < 1.29 is 44.5 Å². The molecule has 0 aliphatic carbocycles. The summed E-state index contributed by atoms with van der Waals surface area (Å²) < 4.78 is 16.1. The summed E-state index contributed by atoms with van der Waals surface area (Å²) in [6, 6.07) is 8.55. The molecule has 0 unspecified atom stereocenters. The molecule has 2 heterocycles. The summed E-state index contributed by atoms with van der Waals surface area (Å²) in [5.74, 6) is -0.706. The SMILES string of the molecule is O=c1c(-c2ccc(O)cc2)coc2c(O)c(O[C@H]3O[C@H](CO)[C@@H](O)[C@H](O)[C@@H]3O)ccc12. The normalized spacial score (nSPS) is 26.1. The molecule has 0 radical (unpaired) electrons. The fourth-order valence-corrected chi connectivity index (χ4v) is 3.39. The maximum absolute atomic E-state index is 12.9. The minimum atomic E-state index is -1.67. The molecule has 5 atom stereocenters. The van der Waals surface area contributed by atoms with Crippen LogP contribution in [-0.2, 0) is 4.74 Å². The van der Waals surface area contributed by atoms with Crippen LogP contribution in [0.4, 0.5) is 0 Å². The van der Waals surface area contributed by atoms with Gasteiger partial charge in [0.2, 0.25) is 17.5 Å². The van der Waals surface area contributed by atoms with Crippen LogP contribution in [0.25, 0.3) is 22.1 Å². The lowest BCUT2D eigenvalue weighted by molar-refractivity contribution is -0.277. The fourth-order valence-electron chi connectivity index (χ4n) is 3.39. The summed E-state index contributed by atoms with van der Waals surface area (Å²) in [6.45, 7) is -0.635. The van der Waals surface area contributed by atoms with Gasteiger partial charge in [-0.05, 0) is 29.8 Å². The average Bonchev–Trinajstić information content (AvgIpc) is 2.77. The lowest BCUT2D eigenvalue weighted by Crippen LogP contribution is -2.60. The van der Waals surface area contributed by atoms with Gasteiger partial charge in [-0.1, -0.05) is 12.1 Å². The summed E-state index contributed by atoms with van der Waals surface area (Å²) in [7, 11) is 0. The van der Waals surface area contributed by atoms with Gasteiger partial charge >= 0.3 is 0 Å². The second kappa shape index (κ2) is 8.17. The van der Waals surface area contributed by atoms with E-state index < -0.39 is 48.5 Å². The van der Waals surface area contributed by atoms with E-state index in [1.807, 2.05) is 0 Å². The number of ether oxygens (including phenoxy) is 2. The maximum Gasteiger partial charge on any atom is 0.229 e. The molecule has 10 nitrogen and oxygen atoms in total. The molecule has 1 aromatic heterocycles. The Morgan fingerprint density at radius 2 is 1.65 bits per heavy atom. The molecule has 6 N–H and O–H groups in total. The molecule has 4 rings (SSSR count). The third-order valence-corrected chi connectivity index (χ3v) is 5.15. The Morgan fingerprint density at radius 3 is 2.32 bits per heavy atom. The van der Waals surface area contributed by atoms with Gasteiger partial charge in [0, 0.05) is 0 Å². The summed E-state index contributed by atoms with van der Waals surface area (Å²) in [5.41, 5.74) is 0.125. The number of benzene rings is 2. The molecule has 10 heteroatoms. The first-order valence-corrected chi connectivity index (χ1v) is 9.36. The van der Waals surface area contributed by atoms with Crippen LogP contribution in [-0.4, -0.2) is 68.0 Å². The quantitative estimate of drug-likeness (QED) is 0.331. The monoisotopic (exact) mass is 432 g/mol. The molecule has 0 bridgehead atoms. The Balaban J connectivity index is 1.68. The Bertz CT molecular complexity index is 1140. The molecular formula is C21H20O10. The maximum atomic E-state index is 12.9. The molecule has 1 aliphatic rings. The zero-order valence-corrected chi connectivity index (χ0v) is 16.0. The number of hydrogen-bond donors (Lipinski definition) is 6. The standard InChI is InChI=1S/C21H20O10/c22-7-14-16(25)18(27)19(28)21(31-14)30-13-6-5-11-15(24)12(8-29-20(11)17(13)26)9-1-3-10(23)4-2-9/h1-6,8,14,16,18-19,21-23,25-28H,7H2/t14-,16-,18+,19+,21+/m1/s1. The predicted molar refractivity (Wildman–Crippen MR) is 106 cm³/mol. The summed E-state index contributed by atoms with van der Waals surface area (Å²) in [5, 5.41) is 59.1. The van der Waals surface area contributed by atoms with Crippen LogP contribution in [0, 0.1) is 0 Å². The second-order valence-electron chi connectivity index (χ2n) is 7.13. The molecule has 31 heavy (non-hydrogen) atoms. The van der Waals surface area contributed by atoms with Crippen molar-refractivity contribution in [3.8, 4) is 28.4 Å². The van der Waals surface area contributed by atoms with E-state index in [-0.39, 0.29) is 28.0 Å². The highest BCUT2D eigenvalue weighted by Gasteiger charge is 2.45. The molecule has 3 aromatic rings. The first-order valence-electron chi connectivity index (χ1n) is 9.36. The van der Waals surface area contributed by atoms with Gasteiger partial charge in [-0.25, -0.2) is 0 Å². The van der Waals surface area contributed by atoms with Gasteiger partial charge in [0.1, 0.15) is 36.4 Å². The van der Waals surface area contributed by atoms with Crippen molar-refractivity contribution >= 4 is 11.0 Å². The number of rotatable bonds is 4. The summed E-state index contributed by atoms with van der Waals surface area (Å²) >= 11 is 0. The van der Waals surface area contributed by atoms with Gasteiger partial charge in [-0.2, -0.15) is 0 Å². The molecule has 2 aromatic carbocycles. The Kier molecular flexibility index (Phi) is 5.56. The number of fused-ring (bicyclic) bond motifs is 1. The molecular weight excluding hydrogens is 412 g/mol. The number of phenolic OH excluding ortho intramolecular Hbond substituents is 2. The van der Waals surface area contributed by atoms with Gasteiger partial charge < -0.3 is 44.5 Å². The smallest absolute Gasteiger partial charge is 0.229 e. The van der Waals surface area contributed by atoms with Gasteiger partial charge in [-0.15, -0.1) is 0 Å². The third kappa shape index (κ3) is 3.71. The van der Waals surface area contributed by atoms with Crippen molar-refractivity contribution in [3.63, 3.8) is 0 Å².